The largest absolute Gasteiger partial charge is 0.465 e. The molecule has 0 saturated carbocycles. The zero-order valence-corrected chi connectivity index (χ0v) is 13.1. The van der Waals surface area contributed by atoms with Crippen LogP contribution in [0.4, 0.5) is 17.2 Å². The predicted octanol–water partition coefficient (Wildman–Crippen LogP) is 3.77. The molecule has 0 saturated heterocycles. The smallest absolute Gasteiger partial charge is 0.248 e. The van der Waals surface area contributed by atoms with E-state index < -0.39 is 0 Å². The van der Waals surface area contributed by atoms with Crippen molar-refractivity contribution in [3.8, 4) is 0 Å². The molecular weight excluding hydrogens is 304 g/mol. The molecule has 0 aliphatic heterocycles. The number of aromatic nitrogens is 2. The molecule has 2 heterocycles. The summed E-state index contributed by atoms with van der Waals surface area (Å²) >= 11 is 0. The number of aryl methyl sites for hydroxylation is 1. The zero-order chi connectivity index (χ0) is 16.8. The maximum atomic E-state index is 11.8. The number of benzene rings is 1. The number of amides is 1. The second kappa shape index (κ2) is 7.23. The molecule has 0 unspecified atom stereocenters. The van der Waals surface area contributed by atoms with E-state index in [9.17, 15) is 4.79 Å². The molecule has 24 heavy (non-hydrogen) atoms. The Bertz CT molecular complexity index is 840. The van der Waals surface area contributed by atoms with Gasteiger partial charge in [0, 0.05) is 29.2 Å². The molecule has 6 heteroatoms. The molecule has 1 amide bonds. The van der Waals surface area contributed by atoms with Gasteiger partial charge in [-0.15, -0.1) is 0 Å². The third-order valence-electron chi connectivity index (χ3n) is 3.17. The fraction of sp³-hybridized carbons (Fsp3) is 0.0556. The van der Waals surface area contributed by atoms with E-state index in [0.717, 1.165) is 17.2 Å². The van der Waals surface area contributed by atoms with Crippen LogP contribution in [-0.2, 0) is 4.79 Å². The van der Waals surface area contributed by atoms with E-state index in [-0.39, 0.29) is 5.91 Å². The summed E-state index contributed by atoms with van der Waals surface area (Å²) in [6, 6.07) is 12.8. The molecule has 0 aliphatic rings. The molecule has 3 aromatic rings. The van der Waals surface area contributed by atoms with Gasteiger partial charge in [0.1, 0.15) is 17.9 Å². The van der Waals surface area contributed by atoms with Gasteiger partial charge in [-0.25, -0.2) is 9.97 Å². The highest BCUT2D eigenvalue weighted by atomic mass is 16.3. The van der Waals surface area contributed by atoms with Gasteiger partial charge in [-0.05, 0) is 49.4 Å². The monoisotopic (exact) mass is 320 g/mol. The molecule has 0 aliphatic carbocycles. The van der Waals surface area contributed by atoms with Crippen LogP contribution < -0.4 is 10.6 Å². The summed E-state index contributed by atoms with van der Waals surface area (Å²) in [7, 11) is 0. The van der Waals surface area contributed by atoms with Crippen molar-refractivity contribution in [2.45, 2.75) is 6.92 Å². The first-order chi connectivity index (χ1) is 11.7. The fourth-order valence-electron chi connectivity index (χ4n) is 2.04. The normalized spacial score (nSPS) is 10.7. The molecule has 1 aromatic carbocycles. The van der Waals surface area contributed by atoms with Crippen LogP contribution in [0.3, 0.4) is 0 Å². The first kappa shape index (κ1) is 15.5. The van der Waals surface area contributed by atoms with Crippen LogP contribution in [0.15, 0.2) is 65.5 Å². The lowest BCUT2D eigenvalue weighted by Crippen LogP contribution is -2.07. The Morgan fingerprint density at radius 3 is 2.62 bits per heavy atom. The lowest BCUT2D eigenvalue weighted by atomic mass is 10.2. The molecule has 2 N–H and O–H groups in total. The van der Waals surface area contributed by atoms with E-state index in [2.05, 4.69) is 20.6 Å². The van der Waals surface area contributed by atoms with Gasteiger partial charge >= 0.3 is 0 Å². The lowest BCUT2D eigenvalue weighted by molar-refractivity contribution is -0.111. The minimum absolute atomic E-state index is 0.224. The Balaban J connectivity index is 1.59. The third-order valence-corrected chi connectivity index (χ3v) is 3.17. The minimum Gasteiger partial charge on any atom is -0.465 e. The first-order valence-corrected chi connectivity index (χ1v) is 7.37. The van der Waals surface area contributed by atoms with E-state index in [1.165, 1.54) is 12.4 Å². The van der Waals surface area contributed by atoms with E-state index in [0.29, 0.717) is 11.4 Å². The molecule has 120 valence electrons. The van der Waals surface area contributed by atoms with Gasteiger partial charge in [-0.1, -0.05) is 0 Å². The average Bonchev–Trinajstić information content (AvgIpc) is 3.08. The highest BCUT2D eigenvalue weighted by molar-refractivity contribution is 6.01. The molecule has 2 aromatic heterocycles. The number of nitrogens with one attached hydrogen (secondary N) is 2. The number of carbonyl (C=O) groups is 1. The van der Waals surface area contributed by atoms with E-state index >= 15 is 0 Å². The van der Waals surface area contributed by atoms with E-state index in [1.807, 2.05) is 37.3 Å². The fourth-order valence-corrected chi connectivity index (χ4v) is 2.04. The number of rotatable bonds is 5. The molecular formula is C18H16N4O2. The zero-order valence-electron chi connectivity index (χ0n) is 13.1. The molecule has 3 rings (SSSR count). The molecule has 6 nitrogen and oxygen atoms in total. The third kappa shape index (κ3) is 4.30. The van der Waals surface area contributed by atoms with Crippen molar-refractivity contribution >= 4 is 29.2 Å². The van der Waals surface area contributed by atoms with Crippen LogP contribution in [0.25, 0.3) is 6.08 Å². The van der Waals surface area contributed by atoms with Gasteiger partial charge in [0.15, 0.2) is 0 Å². The number of furan rings is 1. The molecule has 0 fully saturated rings. The Morgan fingerprint density at radius 1 is 1.12 bits per heavy atom. The number of hydrogen-bond donors (Lipinski definition) is 2. The van der Waals surface area contributed by atoms with Crippen molar-refractivity contribution in [2.75, 3.05) is 10.6 Å². The maximum absolute atomic E-state index is 11.8. The second-order valence-corrected chi connectivity index (χ2v) is 5.08. The number of anilines is 3. The number of hydrogen-bond acceptors (Lipinski definition) is 5. The number of carbonyl (C=O) groups excluding carboxylic acids is 1. The Morgan fingerprint density at radius 2 is 1.92 bits per heavy atom. The Kier molecular flexibility index (Phi) is 4.67. The van der Waals surface area contributed by atoms with Crippen LogP contribution in [0.2, 0.25) is 0 Å². The van der Waals surface area contributed by atoms with Gasteiger partial charge in [-0.2, -0.15) is 0 Å². The first-order valence-electron chi connectivity index (χ1n) is 7.37. The van der Waals surface area contributed by atoms with Crippen molar-refractivity contribution in [2.24, 2.45) is 0 Å². The van der Waals surface area contributed by atoms with Crippen molar-refractivity contribution < 1.29 is 9.21 Å². The van der Waals surface area contributed by atoms with Crippen LogP contribution in [-0.4, -0.2) is 15.9 Å². The topological polar surface area (TPSA) is 80.0 Å². The van der Waals surface area contributed by atoms with Crippen molar-refractivity contribution in [3.05, 3.63) is 72.6 Å². The van der Waals surface area contributed by atoms with Crippen LogP contribution in [0.5, 0.6) is 0 Å². The van der Waals surface area contributed by atoms with E-state index in [1.54, 1.807) is 24.5 Å². The highest BCUT2D eigenvalue weighted by Gasteiger charge is 2.00. The highest BCUT2D eigenvalue weighted by Crippen LogP contribution is 2.17. The summed E-state index contributed by atoms with van der Waals surface area (Å²) in [6.45, 7) is 1.90. The summed E-state index contributed by atoms with van der Waals surface area (Å²) in [5.41, 5.74) is 2.46. The van der Waals surface area contributed by atoms with Crippen LogP contribution in [0.1, 0.15) is 11.5 Å². The van der Waals surface area contributed by atoms with E-state index in [4.69, 9.17) is 4.42 Å². The maximum Gasteiger partial charge on any atom is 0.248 e. The molecule has 0 radical (unpaired) electrons. The summed E-state index contributed by atoms with van der Waals surface area (Å²) in [4.78, 5) is 20.0. The molecule has 0 spiro atoms. The van der Waals surface area contributed by atoms with Gasteiger partial charge in [0.2, 0.25) is 5.91 Å². The van der Waals surface area contributed by atoms with Gasteiger partial charge in [-0.3, -0.25) is 4.79 Å². The average molecular weight is 320 g/mol. The van der Waals surface area contributed by atoms with Crippen molar-refractivity contribution in [1.29, 1.82) is 0 Å². The van der Waals surface area contributed by atoms with Gasteiger partial charge in [0.25, 0.3) is 0 Å². The molecule has 0 atom stereocenters. The number of nitrogens with zero attached hydrogens (tertiary/aromatic N) is 2. The van der Waals surface area contributed by atoms with Gasteiger partial charge in [0.05, 0.1) is 6.26 Å². The Hall–Kier alpha value is -3.41. The molecule has 0 bridgehead atoms. The van der Waals surface area contributed by atoms with Crippen LogP contribution in [0, 0.1) is 6.92 Å². The predicted molar refractivity (Wildman–Crippen MR) is 92.9 cm³/mol. The van der Waals surface area contributed by atoms with Gasteiger partial charge < -0.3 is 15.1 Å². The lowest BCUT2D eigenvalue weighted by Gasteiger charge is -2.07. The standard InChI is InChI=1S/C18H16N4O2/c1-13-11-17(20-12-19-13)21-14-4-6-15(7-5-14)22-18(23)9-8-16-3-2-10-24-16/h2-12H,1H3,(H,22,23)(H,19,20,21)/b9-8+. The summed E-state index contributed by atoms with van der Waals surface area (Å²) in [6.07, 6.45) is 6.11. The summed E-state index contributed by atoms with van der Waals surface area (Å²) in [5, 5.41) is 5.96. The van der Waals surface area contributed by atoms with Crippen molar-refractivity contribution in [3.63, 3.8) is 0 Å². The Labute approximate surface area is 139 Å². The van der Waals surface area contributed by atoms with Crippen LogP contribution >= 0.6 is 0 Å². The summed E-state index contributed by atoms with van der Waals surface area (Å²) < 4.78 is 5.13. The second-order valence-electron chi connectivity index (χ2n) is 5.08. The minimum atomic E-state index is -0.224. The van der Waals surface area contributed by atoms with Crippen molar-refractivity contribution in [1.82, 2.24) is 9.97 Å². The SMILES string of the molecule is Cc1cc(Nc2ccc(NC(=O)/C=C/c3ccco3)cc2)ncn1. The quantitative estimate of drug-likeness (QED) is 0.699. The summed E-state index contributed by atoms with van der Waals surface area (Å²) in [5.74, 6) is 1.13.